The molecule has 0 bridgehead atoms. The lowest BCUT2D eigenvalue weighted by Crippen LogP contribution is -2.45. The largest absolute Gasteiger partial charge is 0.497 e. The van der Waals surface area contributed by atoms with E-state index in [1.807, 2.05) is 68.6 Å². The summed E-state index contributed by atoms with van der Waals surface area (Å²) in [5, 5.41) is 7.68. The van der Waals surface area contributed by atoms with Gasteiger partial charge in [-0.15, -0.1) is 0 Å². The molecule has 1 atom stereocenters. The standard InChI is InChI=1S/C25H36N4O3/c1-17(2)29(16-22-18(3)27-28(5)19(22)4)24(31)12-14-25(13-11-23(30)26-25)15-20-7-9-21(32-6)10-8-20/h7-10,17H,11-16H2,1-6H3,(H,26,30)/t25-/m1/s1. The Morgan fingerprint density at radius 3 is 2.47 bits per heavy atom. The average molecular weight is 441 g/mol. The molecule has 3 rings (SSSR count). The Labute approximate surface area is 191 Å². The zero-order chi connectivity index (χ0) is 23.5. The van der Waals surface area contributed by atoms with Gasteiger partial charge in [-0.05, 0) is 64.7 Å². The maximum atomic E-state index is 13.3. The molecular weight excluding hydrogens is 404 g/mol. The molecule has 1 aromatic heterocycles. The van der Waals surface area contributed by atoms with Crippen LogP contribution >= 0.6 is 0 Å². The number of rotatable bonds is 9. The number of methoxy groups -OCH3 is 1. The summed E-state index contributed by atoms with van der Waals surface area (Å²) in [7, 11) is 3.58. The molecule has 0 saturated carbocycles. The molecule has 1 aliphatic heterocycles. The van der Waals surface area contributed by atoms with Crippen molar-refractivity contribution >= 4 is 11.8 Å². The summed E-state index contributed by atoms with van der Waals surface area (Å²) in [4.78, 5) is 27.3. The molecule has 2 heterocycles. The predicted octanol–water partition coefficient (Wildman–Crippen LogP) is 3.45. The fourth-order valence-electron chi connectivity index (χ4n) is 4.58. The van der Waals surface area contributed by atoms with E-state index in [0.717, 1.165) is 34.7 Å². The Bertz CT molecular complexity index is 964. The fraction of sp³-hybridized carbons (Fsp3) is 0.560. The first-order valence-corrected chi connectivity index (χ1v) is 11.4. The minimum absolute atomic E-state index is 0.0632. The Balaban J connectivity index is 1.72. The highest BCUT2D eigenvalue weighted by molar-refractivity contribution is 5.80. The Kier molecular flexibility index (Phi) is 7.26. The summed E-state index contributed by atoms with van der Waals surface area (Å²) in [6, 6.07) is 8.01. The van der Waals surface area contributed by atoms with Crippen molar-refractivity contribution in [1.29, 1.82) is 0 Å². The maximum absolute atomic E-state index is 13.3. The van der Waals surface area contributed by atoms with Gasteiger partial charge in [-0.2, -0.15) is 5.10 Å². The molecule has 1 aromatic carbocycles. The number of carbonyl (C=O) groups is 2. The number of ether oxygens (including phenoxy) is 1. The second-order valence-electron chi connectivity index (χ2n) is 9.24. The van der Waals surface area contributed by atoms with Gasteiger partial charge in [0.2, 0.25) is 11.8 Å². The fourth-order valence-corrected chi connectivity index (χ4v) is 4.58. The highest BCUT2D eigenvalue weighted by Gasteiger charge is 2.38. The number of hydrogen-bond donors (Lipinski definition) is 1. The van der Waals surface area contributed by atoms with Crippen molar-refractivity contribution < 1.29 is 14.3 Å². The van der Waals surface area contributed by atoms with Crippen LogP contribution < -0.4 is 10.1 Å². The number of aromatic nitrogens is 2. The number of hydrogen-bond acceptors (Lipinski definition) is 4. The van der Waals surface area contributed by atoms with Gasteiger partial charge in [-0.1, -0.05) is 12.1 Å². The number of amides is 2. The summed E-state index contributed by atoms with van der Waals surface area (Å²) in [5.74, 6) is 0.980. The van der Waals surface area contributed by atoms with Crippen LogP contribution in [0.2, 0.25) is 0 Å². The quantitative estimate of drug-likeness (QED) is 0.648. The van der Waals surface area contributed by atoms with Crippen LogP contribution in [0.1, 0.15) is 62.0 Å². The summed E-state index contributed by atoms with van der Waals surface area (Å²) in [6.45, 7) is 8.67. The van der Waals surface area contributed by atoms with E-state index in [9.17, 15) is 9.59 Å². The summed E-state index contributed by atoms with van der Waals surface area (Å²) in [5.41, 5.74) is 3.89. The number of carbonyl (C=O) groups excluding carboxylic acids is 2. The third-order valence-corrected chi connectivity index (χ3v) is 6.69. The Hall–Kier alpha value is -2.83. The first-order valence-electron chi connectivity index (χ1n) is 11.4. The van der Waals surface area contributed by atoms with Crippen molar-refractivity contribution in [2.24, 2.45) is 7.05 Å². The van der Waals surface area contributed by atoms with Crippen LogP contribution in [0.4, 0.5) is 0 Å². The van der Waals surface area contributed by atoms with E-state index in [0.29, 0.717) is 32.2 Å². The SMILES string of the molecule is COc1ccc(C[C@]2(CCC(=O)N(Cc3c(C)nn(C)c3C)C(C)C)CCC(=O)N2)cc1. The van der Waals surface area contributed by atoms with E-state index in [4.69, 9.17) is 4.74 Å². The molecule has 0 radical (unpaired) electrons. The number of nitrogens with zero attached hydrogens (tertiary/aromatic N) is 3. The molecule has 1 fully saturated rings. The molecule has 32 heavy (non-hydrogen) atoms. The molecular formula is C25H36N4O3. The molecule has 7 heteroatoms. The van der Waals surface area contributed by atoms with Crippen LogP contribution in [0.3, 0.4) is 0 Å². The van der Waals surface area contributed by atoms with Gasteiger partial charge in [0.05, 0.1) is 12.8 Å². The van der Waals surface area contributed by atoms with E-state index >= 15 is 0 Å². The first-order chi connectivity index (χ1) is 15.1. The van der Waals surface area contributed by atoms with Crippen molar-refractivity contribution in [3.05, 3.63) is 46.8 Å². The van der Waals surface area contributed by atoms with Crippen molar-refractivity contribution in [3.63, 3.8) is 0 Å². The normalized spacial score (nSPS) is 18.2. The molecule has 174 valence electrons. The minimum Gasteiger partial charge on any atom is -0.497 e. The molecule has 1 N–H and O–H groups in total. The van der Waals surface area contributed by atoms with Gasteiger partial charge in [-0.3, -0.25) is 14.3 Å². The molecule has 0 spiro atoms. The maximum Gasteiger partial charge on any atom is 0.223 e. The van der Waals surface area contributed by atoms with Gasteiger partial charge in [0, 0.05) is 49.3 Å². The van der Waals surface area contributed by atoms with Gasteiger partial charge >= 0.3 is 0 Å². The van der Waals surface area contributed by atoms with Crippen molar-refractivity contribution in [2.75, 3.05) is 7.11 Å². The highest BCUT2D eigenvalue weighted by atomic mass is 16.5. The number of benzene rings is 1. The van der Waals surface area contributed by atoms with Crippen LogP contribution in [-0.4, -0.2) is 45.2 Å². The van der Waals surface area contributed by atoms with Gasteiger partial charge in [0.15, 0.2) is 0 Å². The Morgan fingerprint density at radius 2 is 1.97 bits per heavy atom. The zero-order valence-electron chi connectivity index (χ0n) is 20.2. The molecule has 0 aliphatic carbocycles. The molecule has 1 aliphatic rings. The van der Waals surface area contributed by atoms with Gasteiger partial charge in [0.25, 0.3) is 0 Å². The molecule has 7 nitrogen and oxygen atoms in total. The second kappa shape index (κ2) is 9.76. The van der Waals surface area contributed by atoms with E-state index in [1.54, 1.807) is 7.11 Å². The van der Waals surface area contributed by atoms with Crippen LogP contribution in [-0.2, 0) is 29.6 Å². The van der Waals surface area contributed by atoms with Crippen LogP contribution in [0, 0.1) is 13.8 Å². The van der Waals surface area contributed by atoms with Gasteiger partial charge in [0.1, 0.15) is 5.75 Å². The third-order valence-electron chi connectivity index (χ3n) is 6.69. The van der Waals surface area contributed by atoms with E-state index in [-0.39, 0.29) is 23.4 Å². The predicted molar refractivity (Wildman–Crippen MR) is 124 cm³/mol. The number of aryl methyl sites for hydroxylation is 2. The summed E-state index contributed by atoms with van der Waals surface area (Å²) in [6.07, 6.45) is 2.98. The molecule has 2 amide bonds. The molecule has 0 unspecified atom stereocenters. The minimum atomic E-state index is -0.385. The first kappa shape index (κ1) is 23.8. The lowest BCUT2D eigenvalue weighted by Gasteiger charge is -2.32. The van der Waals surface area contributed by atoms with E-state index < -0.39 is 0 Å². The van der Waals surface area contributed by atoms with E-state index in [1.165, 1.54) is 0 Å². The monoisotopic (exact) mass is 440 g/mol. The molecule has 2 aromatic rings. The lowest BCUT2D eigenvalue weighted by molar-refractivity contribution is -0.134. The van der Waals surface area contributed by atoms with Crippen LogP contribution in [0.15, 0.2) is 24.3 Å². The Morgan fingerprint density at radius 1 is 1.28 bits per heavy atom. The summed E-state index contributed by atoms with van der Waals surface area (Å²) >= 11 is 0. The topological polar surface area (TPSA) is 76.5 Å². The van der Waals surface area contributed by atoms with Crippen LogP contribution in [0.25, 0.3) is 0 Å². The van der Waals surface area contributed by atoms with Crippen molar-refractivity contribution in [2.45, 2.75) is 77.9 Å². The van der Waals surface area contributed by atoms with Crippen molar-refractivity contribution in [3.8, 4) is 5.75 Å². The average Bonchev–Trinajstić information content (AvgIpc) is 3.23. The summed E-state index contributed by atoms with van der Waals surface area (Å²) < 4.78 is 7.12. The smallest absolute Gasteiger partial charge is 0.223 e. The van der Waals surface area contributed by atoms with E-state index in [2.05, 4.69) is 10.4 Å². The van der Waals surface area contributed by atoms with Gasteiger partial charge in [-0.25, -0.2) is 0 Å². The zero-order valence-corrected chi connectivity index (χ0v) is 20.2. The van der Waals surface area contributed by atoms with Crippen LogP contribution in [0.5, 0.6) is 5.75 Å². The lowest BCUT2D eigenvalue weighted by atomic mass is 9.84. The van der Waals surface area contributed by atoms with Crippen molar-refractivity contribution in [1.82, 2.24) is 20.0 Å². The van der Waals surface area contributed by atoms with Gasteiger partial charge < -0.3 is 15.0 Å². The second-order valence-corrected chi connectivity index (χ2v) is 9.24. The molecule has 1 saturated heterocycles. The number of nitrogens with one attached hydrogen (secondary N) is 1. The highest BCUT2D eigenvalue weighted by Crippen LogP contribution is 2.31. The third kappa shape index (κ3) is 5.31.